The van der Waals surface area contributed by atoms with E-state index in [4.69, 9.17) is 9.97 Å². The van der Waals surface area contributed by atoms with Gasteiger partial charge in [0.2, 0.25) is 0 Å². The van der Waals surface area contributed by atoms with Crippen LogP contribution in [0.15, 0.2) is 24.3 Å². The minimum Gasteiger partial charge on any atom is -0.550 e. The molecule has 0 amide bonds. The molecule has 3 aromatic rings. The van der Waals surface area contributed by atoms with Gasteiger partial charge in [-0.25, -0.2) is 9.97 Å². The summed E-state index contributed by atoms with van der Waals surface area (Å²) in [6, 6.07) is 7.20. The summed E-state index contributed by atoms with van der Waals surface area (Å²) in [6.07, 6.45) is -0.243. The van der Waals surface area contributed by atoms with E-state index in [1.165, 1.54) is 0 Å². The van der Waals surface area contributed by atoms with Crippen molar-refractivity contribution in [2.24, 2.45) is 0 Å². The van der Waals surface area contributed by atoms with Crippen LogP contribution >= 0.6 is 0 Å². The van der Waals surface area contributed by atoms with Crippen LogP contribution in [-0.4, -0.2) is 43.8 Å². The summed E-state index contributed by atoms with van der Waals surface area (Å²) < 4.78 is 0. The molecule has 16 heteroatoms. The number of nitrogens with zero attached hydrogens (tertiary/aromatic N) is 2. The Morgan fingerprint density at radius 3 is 1.23 bits per heavy atom. The molecular weight excluding hydrogens is 708 g/mol. The van der Waals surface area contributed by atoms with Crippen molar-refractivity contribution in [1.82, 2.24) is 19.9 Å². The number of aryl methyl sites for hydroxylation is 4. The summed E-state index contributed by atoms with van der Waals surface area (Å²) >= 11 is 0. The summed E-state index contributed by atoms with van der Waals surface area (Å²) in [6.45, 7) is 7.38. The fraction of sp³-hybridized carbons (Fsp3) is 0.333. The van der Waals surface area contributed by atoms with Gasteiger partial charge in [-0.3, -0.25) is 0 Å². The number of carboxylic acids is 4. The van der Waals surface area contributed by atoms with Crippen molar-refractivity contribution >= 4 is 68.2 Å². The first-order valence-corrected chi connectivity index (χ1v) is 15.7. The zero-order chi connectivity index (χ0) is 34.9. The summed E-state index contributed by atoms with van der Waals surface area (Å²) in [5, 5.41) is 45.9. The average molecular weight is 743 g/mol. The Balaban J connectivity index is 0.00000338. The number of aromatic amines is 2. The molecule has 0 saturated carbocycles. The molecule has 250 valence electrons. The summed E-state index contributed by atoms with van der Waals surface area (Å²) in [7, 11) is 0. The van der Waals surface area contributed by atoms with E-state index in [9.17, 15) is 39.6 Å². The van der Waals surface area contributed by atoms with Gasteiger partial charge in [0.25, 0.3) is 0 Å². The maximum atomic E-state index is 11.5. The van der Waals surface area contributed by atoms with Gasteiger partial charge in [0.05, 0.1) is 22.8 Å². The summed E-state index contributed by atoms with van der Waals surface area (Å²) in [5.41, 5.74) is 10.5. The third-order valence-corrected chi connectivity index (χ3v) is 9.12. The molecule has 5 rings (SSSR count). The van der Waals surface area contributed by atoms with E-state index in [0.29, 0.717) is 56.0 Å². The van der Waals surface area contributed by atoms with Gasteiger partial charge in [0, 0.05) is 45.9 Å². The number of nitrogens with one attached hydrogen (secondary N) is 2. The van der Waals surface area contributed by atoms with Gasteiger partial charge in [-0.15, -0.1) is 0 Å². The molecule has 5 heterocycles. The molecule has 0 saturated heterocycles. The van der Waals surface area contributed by atoms with E-state index in [2.05, 4.69) is 9.97 Å². The third-order valence-electron chi connectivity index (χ3n) is 9.12. The van der Waals surface area contributed by atoms with Crippen molar-refractivity contribution in [2.45, 2.75) is 79.1 Å². The number of aliphatic carboxylic acids is 4. The van der Waals surface area contributed by atoms with Crippen LogP contribution in [-0.2, 0) is 32.0 Å². The molecule has 0 fully saturated rings. The molecule has 0 aromatic carbocycles. The molecule has 8 bridgehead atoms. The molecule has 0 aliphatic carbocycles. The normalized spacial score (nSPS) is 11.9. The predicted octanol–water partition coefficient (Wildman–Crippen LogP) is -10.8. The fourth-order valence-electron chi connectivity index (χ4n) is 6.40. The van der Waals surface area contributed by atoms with Crippen LogP contribution in [0.25, 0.3) is 44.4 Å². The Morgan fingerprint density at radius 2 is 0.808 bits per heavy atom. The number of carbonyl (C=O) groups excluding carboxylic acids is 4. The molecule has 2 N–H and O–H groups in total. The average Bonchev–Trinajstić information content (AvgIpc) is 3.66. The number of hydrogen-bond donors (Lipinski definition) is 2. The summed E-state index contributed by atoms with van der Waals surface area (Å²) in [5.74, 6) is -4.81. The monoisotopic (exact) mass is 742 g/mol. The van der Waals surface area contributed by atoms with Crippen LogP contribution in [0.1, 0.15) is 97.4 Å². The van der Waals surface area contributed by atoms with E-state index >= 15 is 0 Å². The van der Waals surface area contributed by atoms with E-state index in [-0.39, 0.29) is 170 Å². The minimum atomic E-state index is -1.21. The maximum absolute atomic E-state index is 11.5. The van der Waals surface area contributed by atoms with Crippen molar-refractivity contribution in [3.05, 3.63) is 69.3 Å². The standard InChI is InChI=1S/C36H38N4O8.4Na/c1-17-21(5-9-33(41)42)29-14-26-19(3)23(7-11-35(45)46)31(39-26)16-28-20(4)24(8-12-36(47)48)32(40-28)15-27-18(2)22(6-10-34(43)44)30(38-27)13-25(17)37-29;;;;/h13-16,37-38H,5-12H2,1-4H3,(H,41,42)(H,43,44)(H,45,46)(H,47,48);;;;/q;4*+1/p-4. The molecule has 52 heavy (non-hydrogen) atoms. The zero-order valence-electron chi connectivity index (χ0n) is 31.1. The molecule has 2 aliphatic rings. The van der Waals surface area contributed by atoms with Crippen molar-refractivity contribution in [3.63, 3.8) is 0 Å². The van der Waals surface area contributed by atoms with Crippen LogP contribution in [0.2, 0.25) is 0 Å². The Labute approximate surface area is 389 Å². The van der Waals surface area contributed by atoms with E-state index in [0.717, 1.165) is 33.4 Å². The number of allylic oxidation sites excluding steroid dienone is 4. The van der Waals surface area contributed by atoms with Crippen LogP contribution in [0, 0.1) is 13.8 Å². The maximum Gasteiger partial charge on any atom is 1.00 e. The van der Waals surface area contributed by atoms with Gasteiger partial charge in [-0.05, 0) is 148 Å². The van der Waals surface area contributed by atoms with Gasteiger partial charge >= 0.3 is 118 Å². The van der Waals surface area contributed by atoms with Gasteiger partial charge in [0.1, 0.15) is 0 Å². The van der Waals surface area contributed by atoms with E-state index < -0.39 is 23.9 Å². The van der Waals surface area contributed by atoms with Gasteiger partial charge in [-0.1, -0.05) is 0 Å². The first-order chi connectivity index (χ1) is 22.7. The van der Waals surface area contributed by atoms with Crippen LogP contribution < -0.4 is 139 Å². The third kappa shape index (κ3) is 11.3. The van der Waals surface area contributed by atoms with E-state index in [1.54, 1.807) is 18.2 Å². The quantitative estimate of drug-likeness (QED) is 0.167. The molecule has 3 aromatic heterocycles. The van der Waals surface area contributed by atoms with Gasteiger partial charge < -0.3 is 49.6 Å². The molecule has 0 unspecified atom stereocenters. The second-order valence-electron chi connectivity index (χ2n) is 12.1. The number of carboxylic acid groups (broad SMARTS) is 4. The van der Waals surface area contributed by atoms with Crippen molar-refractivity contribution in [3.8, 4) is 0 Å². The second-order valence-corrected chi connectivity index (χ2v) is 12.1. The summed E-state index contributed by atoms with van der Waals surface area (Å²) in [4.78, 5) is 62.4. The first kappa shape index (κ1) is 48.5. The van der Waals surface area contributed by atoms with Crippen molar-refractivity contribution in [1.29, 1.82) is 0 Å². The molecule has 12 nitrogen and oxygen atoms in total. The van der Waals surface area contributed by atoms with Gasteiger partial charge in [0.15, 0.2) is 0 Å². The van der Waals surface area contributed by atoms with Crippen LogP contribution in [0.4, 0.5) is 0 Å². The molecule has 0 atom stereocenters. The number of hydrogen-bond acceptors (Lipinski definition) is 10. The number of rotatable bonds is 12. The topological polar surface area (TPSA) is 218 Å². The second kappa shape index (κ2) is 21.0. The Hall–Kier alpha value is -1.52. The largest absolute Gasteiger partial charge is 1.00 e. The molecule has 0 radical (unpaired) electrons. The number of H-pyrrole nitrogens is 2. The molecular formula is C36H34N4Na4O8. The Kier molecular flexibility index (Phi) is 19.6. The van der Waals surface area contributed by atoms with Crippen molar-refractivity contribution < 1.29 is 158 Å². The van der Waals surface area contributed by atoms with Crippen LogP contribution in [0.5, 0.6) is 0 Å². The first-order valence-electron chi connectivity index (χ1n) is 15.7. The minimum absolute atomic E-state index is 0. The zero-order valence-corrected chi connectivity index (χ0v) is 39.1. The number of fused-ring (bicyclic) bond motifs is 8. The van der Waals surface area contributed by atoms with Crippen LogP contribution in [0.3, 0.4) is 0 Å². The molecule has 0 spiro atoms. The Bertz CT molecular complexity index is 2120. The van der Waals surface area contributed by atoms with Crippen molar-refractivity contribution in [2.75, 3.05) is 0 Å². The number of carbonyl (C=O) groups is 4. The smallest absolute Gasteiger partial charge is 0.550 e. The number of aromatic nitrogens is 4. The Morgan fingerprint density at radius 1 is 0.481 bits per heavy atom. The SMILES string of the molecule is CC1=C(CCC(=O)[O-])c2cc3nc(cc4[nH]c(cc5[nH]c(cc1n2)c(CCC(=O)[O-])c5C)c(CCC(=O)[O-])c4C)C(CCC(=O)[O-])=C3C.[Na+].[Na+].[Na+].[Na+]. The predicted molar refractivity (Wildman–Crippen MR) is 171 cm³/mol. The van der Waals surface area contributed by atoms with E-state index in [1.807, 2.05) is 33.8 Å². The van der Waals surface area contributed by atoms with Gasteiger partial charge in [-0.2, -0.15) is 0 Å². The molecule has 2 aliphatic heterocycles. The fourth-order valence-corrected chi connectivity index (χ4v) is 6.40.